The van der Waals surface area contributed by atoms with Crippen LogP contribution in [0.3, 0.4) is 0 Å². The van der Waals surface area contributed by atoms with Crippen LogP contribution in [0.5, 0.6) is 0 Å². The van der Waals surface area contributed by atoms with Crippen molar-refractivity contribution in [1.29, 1.82) is 0 Å². The molecule has 0 unspecified atom stereocenters. The van der Waals surface area contributed by atoms with E-state index in [9.17, 15) is 4.79 Å². The molecular formula is C19H35NO2Si. The number of amides is 1. The monoisotopic (exact) mass is 337 g/mol. The van der Waals surface area contributed by atoms with E-state index in [4.69, 9.17) is 4.43 Å². The van der Waals surface area contributed by atoms with E-state index in [0.717, 1.165) is 18.4 Å². The van der Waals surface area contributed by atoms with Gasteiger partial charge >= 0.3 is 0 Å². The Morgan fingerprint density at radius 3 is 2.43 bits per heavy atom. The molecule has 1 aliphatic heterocycles. The topological polar surface area (TPSA) is 38.3 Å². The molecule has 1 rings (SSSR count). The summed E-state index contributed by atoms with van der Waals surface area (Å²) in [4.78, 5) is 12.1. The van der Waals surface area contributed by atoms with Crippen molar-refractivity contribution < 1.29 is 9.22 Å². The third-order valence-corrected chi connectivity index (χ3v) is 9.98. The van der Waals surface area contributed by atoms with Gasteiger partial charge in [-0.15, -0.1) is 5.73 Å². The molecule has 0 bridgehead atoms. The molecular weight excluding hydrogens is 302 g/mol. The van der Waals surface area contributed by atoms with Crippen molar-refractivity contribution in [3.8, 4) is 0 Å². The number of nitrogens with one attached hydrogen (secondary N) is 1. The summed E-state index contributed by atoms with van der Waals surface area (Å²) in [6.07, 6.45) is 4.42. The van der Waals surface area contributed by atoms with Gasteiger partial charge in [-0.05, 0) is 43.5 Å². The summed E-state index contributed by atoms with van der Waals surface area (Å²) < 4.78 is 6.44. The lowest BCUT2D eigenvalue weighted by Crippen LogP contribution is -2.64. The molecule has 4 heteroatoms. The van der Waals surface area contributed by atoms with Crippen LogP contribution in [0.1, 0.15) is 60.3 Å². The number of hydrogen-bond donors (Lipinski definition) is 1. The highest BCUT2D eigenvalue weighted by molar-refractivity contribution is 6.74. The predicted molar refractivity (Wildman–Crippen MR) is 100.0 cm³/mol. The summed E-state index contributed by atoms with van der Waals surface area (Å²) >= 11 is 0. The Bertz CT molecular complexity index is 472. The van der Waals surface area contributed by atoms with E-state index >= 15 is 0 Å². The first kappa shape index (κ1) is 20.2. The maximum atomic E-state index is 12.1. The third-order valence-electron chi connectivity index (χ3n) is 5.40. The van der Waals surface area contributed by atoms with Crippen molar-refractivity contribution in [3.63, 3.8) is 0 Å². The molecule has 3 nitrogen and oxygen atoms in total. The molecule has 1 aliphatic rings. The van der Waals surface area contributed by atoms with Gasteiger partial charge in [0, 0.05) is 0 Å². The molecule has 132 valence electrons. The minimum absolute atomic E-state index is 0.0524. The van der Waals surface area contributed by atoms with Crippen LogP contribution >= 0.6 is 0 Å². The number of rotatable bonds is 8. The Morgan fingerprint density at radius 2 is 2.00 bits per heavy atom. The van der Waals surface area contributed by atoms with Crippen LogP contribution in [0.4, 0.5) is 0 Å². The number of unbranched alkanes of at least 4 members (excludes halogenated alkanes) is 2. The first-order chi connectivity index (χ1) is 10.5. The molecule has 0 radical (unpaired) electrons. The Labute approximate surface area is 143 Å². The molecule has 0 aromatic carbocycles. The number of hydrogen-bond acceptors (Lipinski definition) is 2. The Kier molecular flexibility index (Phi) is 6.88. The molecule has 23 heavy (non-hydrogen) atoms. The second-order valence-corrected chi connectivity index (χ2v) is 13.0. The number of carbonyl (C=O) groups excluding carboxylic acids is 1. The highest BCUT2D eigenvalue weighted by Crippen LogP contribution is 2.39. The van der Waals surface area contributed by atoms with E-state index < -0.39 is 8.32 Å². The first-order valence-corrected chi connectivity index (χ1v) is 11.8. The van der Waals surface area contributed by atoms with Gasteiger partial charge in [0.2, 0.25) is 5.91 Å². The molecule has 1 saturated heterocycles. The van der Waals surface area contributed by atoms with Gasteiger partial charge in [-0.2, -0.15) is 0 Å². The van der Waals surface area contributed by atoms with Gasteiger partial charge in [0.05, 0.1) is 18.1 Å². The van der Waals surface area contributed by atoms with Crippen molar-refractivity contribution in [1.82, 2.24) is 5.32 Å². The van der Waals surface area contributed by atoms with Crippen LogP contribution in [0, 0.1) is 5.92 Å². The lowest BCUT2D eigenvalue weighted by molar-refractivity contribution is -0.138. The smallest absolute Gasteiger partial charge is 0.228 e. The van der Waals surface area contributed by atoms with E-state index in [1.165, 1.54) is 12.8 Å². The van der Waals surface area contributed by atoms with Crippen LogP contribution in [-0.4, -0.2) is 26.4 Å². The van der Waals surface area contributed by atoms with Crippen LogP contribution < -0.4 is 5.32 Å². The zero-order valence-electron chi connectivity index (χ0n) is 16.1. The van der Waals surface area contributed by atoms with Crippen LogP contribution in [0.2, 0.25) is 18.1 Å². The quantitative estimate of drug-likeness (QED) is 0.299. The minimum atomic E-state index is -1.87. The van der Waals surface area contributed by atoms with Gasteiger partial charge in [0.15, 0.2) is 8.32 Å². The summed E-state index contributed by atoms with van der Waals surface area (Å²) in [5.41, 5.74) is 4.20. The molecule has 0 spiro atoms. The first-order valence-electron chi connectivity index (χ1n) is 8.92. The number of carbonyl (C=O) groups is 1. The molecule has 1 N–H and O–H groups in total. The van der Waals surface area contributed by atoms with Crippen LogP contribution in [0.25, 0.3) is 0 Å². The molecule has 0 aromatic heterocycles. The van der Waals surface area contributed by atoms with Crippen LogP contribution in [-0.2, 0) is 9.22 Å². The highest BCUT2D eigenvalue weighted by atomic mass is 28.4. The summed E-state index contributed by atoms with van der Waals surface area (Å²) in [6, 6.07) is 0.0524. The molecule has 1 amide bonds. The number of β-lactam (4-membered cyclic amide) rings is 1. The molecule has 1 heterocycles. The lowest BCUT2D eigenvalue weighted by Gasteiger charge is -2.45. The van der Waals surface area contributed by atoms with E-state index in [2.05, 4.69) is 58.4 Å². The lowest BCUT2D eigenvalue weighted by atomic mass is 9.80. The zero-order valence-corrected chi connectivity index (χ0v) is 17.1. The molecule has 1 fully saturated rings. The fraction of sp³-hybridized carbons (Fsp3) is 0.789. The van der Waals surface area contributed by atoms with E-state index in [-0.39, 0.29) is 29.0 Å². The molecule has 3 atom stereocenters. The van der Waals surface area contributed by atoms with Crippen molar-refractivity contribution in [2.75, 3.05) is 0 Å². The van der Waals surface area contributed by atoms with Gasteiger partial charge in [-0.25, -0.2) is 0 Å². The second kappa shape index (κ2) is 7.83. The average Bonchev–Trinajstić information content (AvgIpc) is 2.39. The van der Waals surface area contributed by atoms with Crippen molar-refractivity contribution >= 4 is 14.2 Å². The van der Waals surface area contributed by atoms with E-state index in [1.54, 1.807) is 0 Å². The van der Waals surface area contributed by atoms with Gasteiger partial charge < -0.3 is 9.74 Å². The SMILES string of the molecule is C=C=C(CCCCC)[C@H]1NC(=O)[C@@H]1[C@@H](C)O[Si](C)(C)C(C)(C)C. The van der Waals surface area contributed by atoms with Gasteiger partial charge in [0.25, 0.3) is 0 Å². The maximum Gasteiger partial charge on any atom is 0.228 e. The van der Waals surface area contributed by atoms with E-state index in [1.807, 2.05) is 6.92 Å². The minimum Gasteiger partial charge on any atom is -0.413 e. The predicted octanol–water partition coefficient (Wildman–Crippen LogP) is 4.80. The summed E-state index contributed by atoms with van der Waals surface area (Å²) in [5, 5.41) is 3.18. The fourth-order valence-electron chi connectivity index (χ4n) is 2.82. The Hall–Kier alpha value is -0.833. The molecule has 0 aliphatic carbocycles. The maximum absolute atomic E-state index is 12.1. The van der Waals surface area contributed by atoms with Crippen molar-refractivity contribution in [2.24, 2.45) is 5.92 Å². The molecule has 0 aromatic rings. The normalized spacial score (nSPS) is 22.8. The van der Waals surface area contributed by atoms with Crippen molar-refractivity contribution in [3.05, 3.63) is 17.9 Å². The summed E-state index contributed by atoms with van der Waals surface area (Å²) in [5.74, 6) is -0.000507. The summed E-state index contributed by atoms with van der Waals surface area (Å²) in [6.45, 7) is 19.2. The molecule has 0 saturated carbocycles. The fourth-order valence-corrected chi connectivity index (χ4v) is 4.25. The Morgan fingerprint density at radius 1 is 1.39 bits per heavy atom. The average molecular weight is 338 g/mol. The van der Waals surface area contributed by atoms with Gasteiger partial charge in [0.1, 0.15) is 0 Å². The Balaban J connectivity index is 2.77. The highest BCUT2D eigenvalue weighted by Gasteiger charge is 2.48. The zero-order chi connectivity index (χ0) is 17.8. The van der Waals surface area contributed by atoms with Gasteiger partial charge in [-0.1, -0.05) is 47.1 Å². The standard InChI is InChI=1S/C19H35NO2Si/c1-9-11-12-13-15(10-2)17-16(18(21)20-17)14(3)22-23(7,8)19(4,5)6/h14,16-17H,2,9,11-13H2,1,3-8H3,(H,20,21)/t14-,16-,17-/m1/s1. The van der Waals surface area contributed by atoms with Crippen molar-refractivity contribution in [2.45, 2.75) is 90.6 Å². The van der Waals surface area contributed by atoms with E-state index in [0.29, 0.717) is 0 Å². The largest absolute Gasteiger partial charge is 0.413 e. The van der Waals surface area contributed by atoms with Crippen LogP contribution in [0.15, 0.2) is 17.9 Å². The summed E-state index contributed by atoms with van der Waals surface area (Å²) in [7, 11) is -1.87. The third kappa shape index (κ3) is 4.82. The second-order valence-electron chi connectivity index (χ2n) is 8.25. The van der Waals surface area contributed by atoms with Gasteiger partial charge in [-0.3, -0.25) is 4.79 Å².